The lowest BCUT2D eigenvalue weighted by atomic mass is 10.2. The number of fused-ring (bicyclic) bond motifs is 1. The maximum atomic E-state index is 11.0. The first-order valence-electron chi connectivity index (χ1n) is 4.40. The summed E-state index contributed by atoms with van der Waals surface area (Å²) in [5, 5.41) is 0.798. The molecule has 1 heterocycles. The summed E-state index contributed by atoms with van der Waals surface area (Å²) in [6, 6.07) is 6.45. The second kappa shape index (κ2) is 3.65. The fourth-order valence-corrected chi connectivity index (χ4v) is 1.39. The van der Waals surface area contributed by atoms with E-state index in [1.165, 1.54) is 13.2 Å². The van der Waals surface area contributed by atoms with Crippen LogP contribution >= 0.6 is 0 Å². The summed E-state index contributed by atoms with van der Waals surface area (Å²) in [5.41, 5.74) is 0.106. The monoisotopic (exact) mass is 206 g/mol. The predicted molar refractivity (Wildman–Crippen MR) is 55.6 cm³/mol. The van der Waals surface area contributed by atoms with E-state index in [0.717, 1.165) is 5.39 Å². The van der Waals surface area contributed by atoms with Crippen LogP contribution in [0.25, 0.3) is 11.0 Å². The number of hydrogen-bond acceptors (Lipinski definition) is 4. The predicted octanol–water partition coefficient (Wildman–Crippen LogP) is 1.81. The van der Waals surface area contributed by atoms with Crippen molar-refractivity contribution in [2.45, 2.75) is 0 Å². The van der Waals surface area contributed by atoms with Crippen LogP contribution in [-0.2, 0) is 0 Å². The highest BCUT2D eigenvalue weighted by atomic mass is 16.5. The van der Waals surface area contributed by atoms with Gasteiger partial charge in [0.2, 0.25) is 0 Å². The molecular formula is C11H10O4. The van der Waals surface area contributed by atoms with Gasteiger partial charge >= 0.3 is 5.63 Å². The van der Waals surface area contributed by atoms with Crippen LogP contribution in [0.15, 0.2) is 33.5 Å². The first kappa shape index (κ1) is 9.58. The molecule has 0 aliphatic heterocycles. The smallest absolute Gasteiger partial charge is 0.336 e. The standard InChI is InChI=1S/C11H10O4/c1-13-9-5-7-3-4-11(12)15-8(7)6-10(9)14-2/h3-6H,1-2H3. The van der Waals surface area contributed by atoms with Crippen molar-refractivity contribution in [2.75, 3.05) is 14.2 Å². The normalized spacial score (nSPS) is 10.3. The molecule has 0 fully saturated rings. The van der Waals surface area contributed by atoms with Gasteiger partial charge in [-0.3, -0.25) is 0 Å². The Hall–Kier alpha value is -1.97. The molecule has 0 aliphatic carbocycles. The lowest BCUT2D eigenvalue weighted by Gasteiger charge is -2.07. The van der Waals surface area contributed by atoms with Gasteiger partial charge in [-0.1, -0.05) is 0 Å². The zero-order valence-electron chi connectivity index (χ0n) is 8.44. The van der Waals surface area contributed by atoms with Gasteiger partial charge in [0, 0.05) is 17.5 Å². The fourth-order valence-electron chi connectivity index (χ4n) is 1.39. The minimum Gasteiger partial charge on any atom is -0.493 e. The summed E-state index contributed by atoms with van der Waals surface area (Å²) in [5.74, 6) is 1.15. The van der Waals surface area contributed by atoms with E-state index in [9.17, 15) is 4.79 Å². The van der Waals surface area contributed by atoms with Gasteiger partial charge in [0.05, 0.1) is 14.2 Å². The first-order valence-corrected chi connectivity index (χ1v) is 4.40. The molecule has 0 bridgehead atoms. The number of benzene rings is 1. The van der Waals surface area contributed by atoms with E-state index < -0.39 is 0 Å². The zero-order valence-corrected chi connectivity index (χ0v) is 8.44. The fraction of sp³-hybridized carbons (Fsp3) is 0.182. The van der Waals surface area contributed by atoms with Crippen LogP contribution in [0.2, 0.25) is 0 Å². The molecule has 0 atom stereocenters. The van der Waals surface area contributed by atoms with Crippen LogP contribution < -0.4 is 15.1 Å². The van der Waals surface area contributed by atoms with Gasteiger partial charge in [0.15, 0.2) is 11.5 Å². The molecule has 0 radical (unpaired) electrons. The molecule has 1 aromatic carbocycles. The number of ether oxygens (including phenoxy) is 2. The Morgan fingerprint density at radius 2 is 1.73 bits per heavy atom. The Bertz CT molecular complexity index is 542. The molecule has 0 aliphatic rings. The van der Waals surface area contributed by atoms with E-state index in [1.807, 2.05) is 0 Å². The summed E-state index contributed by atoms with van der Waals surface area (Å²) in [7, 11) is 3.09. The van der Waals surface area contributed by atoms with Crippen LogP contribution in [0.4, 0.5) is 0 Å². The van der Waals surface area contributed by atoms with Crippen LogP contribution in [0.3, 0.4) is 0 Å². The van der Waals surface area contributed by atoms with Gasteiger partial charge in [0.1, 0.15) is 5.58 Å². The van der Waals surface area contributed by atoms with E-state index in [1.54, 1.807) is 25.3 Å². The summed E-state index contributed by atoms with van der Waals surface area (Å²) < 4.78 is 15.2. The van der Waals surface area contributed by atoms with Crippen molar-refractivity contribution >= 4 is 11.0 Å². The largest absolute Gasteiger partial charge is 0.493 e. The van der Waals surface area contributed by atoms with Crippen molar-refractivity contribution in [3.05, 3.63) is 34.7 Å². The van der Waals surface area contributed by atoms with E-state index in [4.69, 9.17) is 13.9 Å². The topological polar surface area (TPSA) is 48.7 Å². The van der Waals surface area contributed by atoms with Crippen molar-refractivity contribution in [3.63, 3.8) is 0 Å². The van der Waals surface area contributed by atoms with E-state index in [0.29, 0.717) is 17.1 Å². The van der Waals surface area contributed by atoms with Crippen molar-refractivity contribution in [3.8, 4) is 11.5 Å². The molecule has 1 aromatic heterocycles. The molecule has 0 amide bonds. The molecule has 0 unspecified atom stereocenters. The Morgan fingerprint density at radius 3 is 2.40 bits per heavy atom. The highest BCUT2D eigenvalue weighted by Gasteiger charge is 2.07. The molecule has 2 rings (SSSR count). The van der Waals surface area contributed by atoms with Crippen molar-refractivity contribution < 1.29 is 13.9 Å². The third kappa shape index (κ3) is 1.66. The minimum absolute atomic E-state index is 0.380. The molecular weight excluding hydrogens is 196 g/mol. The van der Waals surface area contributed by atoms with Gasteiger partial charge in [-0.15, -0.1) is 0 Å². The lowest BCUT2D eigenvalue weighted by Crippen LogP contribution is -1.96. The lowest BCUT2D eigenvalue weighted by molar-refractivity contribution is 0.355. The summed E-state index contributed by atoms with van der Waals surface area (Å²) in [4.78, 5) is 11.0. The first-order chi connectivity index (χ1) is 7.24. The van der Waals surface area contributed by atoms with Crippen LogP contribution in [0, 0.1) is 0 Å². The highest BCUT2D eigenvalue weighted by molar-refractivity contribution is 5.80. The second-order valence-electron chi connectivity index (χ2n) is 3.00. The highest BCUT2D eigenvalue weighted by Crippen LogP contribution is 2.31. The molecule has 4 heteroatoms. The molecule has 0 spiro atoms. The SMILES string of the molecule is COc1cc2ccc(=O)oc2cc1OC. The average molecular weight is 206 g/mol. The summed E-state index contributed by atoms with van der Waals surface area (Å²) >= 11 is 0. The number of hydrogen-bond donors (Lipinski definition) is 0. The Kier molecular flexibility index (Phi) is 2.33. The van der Waals surface area contributed by atoms with Crippen molar-refractivity contribution in [2.24, 2.45) is 0 Å². The van der Waals surface area contributed by atoms with Crippen LogP contribution in [0.1, 0.15) is 0 Å². The molecule has 78 valence electrons. The Balaban J connectivity index is 2.75. The maximum Gasteiger partial charge on any atom is 0.336 e. The van der Waals surface area contributed by atoms with Gasteiger partial charge in [-0.25, -0.2) is 4.79 Å². The molecule has 15 heavy (non-hydrogen) atoms. The number of rotatable bonds is 2. The van der Waals surface area contributed by atoms with Crippen LogP contribution in [-0.4, -0.2) is 14.2 Å². The molecule has 2 aromatic rings. The Morgan fingerprint density at radius 1 is 1.07 bits per heavy atom. The van der Waals surface area contributed by atoms with E-state index in [-0.39, 0.29) is 5.63 Å². The molecule has 0 saturated heterocycles. The van der Waals surface area contributed by atoms with Crippen molar-refractivity contribution in [1.29, 1.82) is 0 Å². The van der Waals surface area contributed by atoms with E-state index >= 15 is 0 Å². The molecule has 0 saturated carbocycles. The van der Waals surface area contributed by atoms with Crippen LogP contribution in [0.5, 0.6) is 11.5 Å². The Labute approximate surface area is 86.0 Å². The van der Waals surface area contributed by atoms with Crippen molar-refractivity contribution in [1.82, 2.24) is 0 Å². The third-order valence-electron chi connectivity index (χ3n) is 2.13. The second-order valence-corrected chi connectivity index (χ2v) is 3.00. The zero-order chi connectivity index (χ0) is 10.8. The summed E-state index contributed by atoms with van der Waals surface area (Å²) in [6.45, 7) is 0. The quantitative estimate of drug-likeness (QED) is 0.703. The third-order valence-corrected chi connectivity index (χ3v) is 2.13. The average Bonchev–Trinajstić information content (AvgIpc) is 2.27. The summed E-state index contributed by atoms with van der Waals surface area (Å²) in [6.07, 6.45) is 0. The number of methoxy groups -OCH3 is 2. The molecule has 4 nitrogen and oxygen atoms in total. The van der Waals surface area contributed by atoms with Gasteiger partial charge in [-0.05, 0) is 12.1 Å². The maximum absolute atomic E-state index is 11.0. The van der Waals surface area contributed by atoms with E-state index in [2.05, 4.69) is 0 Å². The van der Waals surface area contributed by atoms with Gasteiger partial charge in [0.25, 0.3) is 0 Å². The molecule has 0 N–H and O–H groups in total. The minimum atomic E-state index is -0.380. The van der Waals surface area contributed by atoms with Gasteiger partial charge < -0.3 is 13.9 Å². The van der Waals surface area contributed by atoms with Gasteiger partial charge in [-0.2, -0.15) is 0 Å².